The lowest BCUT2D eigenvalue weighted by molar-refractivity contribution is 0.0739. The molecule has 32 heavy (non-hydrogen) atoms. The van der Waals surface area contributed by atoms with E-state index in [-0.39, 0.29) is 5.92 Å². The Morgan fingerprint density at radius 3 is 2.44 bits per heavy atom. The van der Waals surface area contributed by atoms with Crippen molar-refractivity contribution in [3.05, 3.63) is 59.5 Å². The van der Waals surface area contributed by atoms with Crippen LogP contribution in [0.3, 0.4) is 0 Å². The van der Waals surface area contributed by atoms with Gasteiger partial charge in [-0.05, 0) is 69.2 Å². The molecule has 3 aromatic rings. The number of hydrogen-bond donors (Lipinski definition) is 1. The summed E-state index contributed by atoms with van der Waals surface area (Å²) in [7, 11) is 0. The third-order valence-corrected chi connectivity index (χ3v) is 7.07. The van der Waals surface area contributed by atoms with Crippen LogP contribution in [0.25, 0.3) is 11.3 Å². The molecule has 1 aliphatic carbocycles. The number of ether oxygens (including phenoxy) is 1. The van der Waals surface area contributed by atoms with Crippen molar-refractivity contribution in [1.29, 1.82) is 0 Å². The SMILES string of the molecule is CC(C)(O)c1ccc(-c2nc(C3CCOCC3)oc2SCc2ccc(C3CC3)cn2)cn1. The molecule has 0 aromatic carbocycles. The molecule has 3 aromatic heterocycles. The molecular formula is C25H29N3O3S. The number of rotatable bonds is 7. The van der Waals surface area contributed by atoms with E-state index in [0.717, 1.165) is 59.7 Å². The van der Waals surface area contributed by atoms with E-state index in [0.29, 0.717) is 11.6 Å². The van der Waals surface area contributed by atoms with Gasteiger partial charge in [-0.3, -0.25) is 9.97 Å². The Hall–Kier alpha value is -2.22. The largest absolute Gasteiger partial charge is 0.433 e. The number of hydrogen-bond acceptors (Lipinski definition) is 7. The maximum Gasteiger partial charge on any atom is 0.199 e. The van der Waals surface area contributed by atoms with Crippen LogP contribution in [0.2, 0.25) is 0 Å². The Morgan fingerprint density at radius 2 is 1.81 bits per heavy atom. The summed E-state index contributed by atoms with van der Waals surface area (Å²) in [4.78, 5) is 14.0. The van der Waals surface area contributed by atoms with E-state index < -0.39 is 5.60 Å². The Kier molecular flexibility index (Phi) is 6.05. The van der Waals surface area contributed by atoms with Crippen molar-refractivity contribution in [2.75, 3.05) is 13.2 Å². The highest BCUT2D eigenvalue weighted by molar-refractivity contribution is 7.98. The molecule has 0 amide bonds. The minimum Gasteiger partial charge on any atom is -0.433 e. The van der Waals surface area contributed by atoms with Crippen molar-refractivity contribution in [2.24, 2.45) is 0 Å². The molecule has 1 aliphatic heterocycles. The maximum atomic E-state index is 10.2. The van der Waals surface area contributed by atoms with Gasteiger partial charge in [0.25, 0.3) is 0 Å². The van der Waals surface area contributed by atoms with Gasteiger partial charge in [-0.1, -0.05) is 17.8 Å². The molecule has 0 radical (unpaired) electrons. The molecule has 7 heteroatoms. The van der Waals surface area contributed by atoms with Crippen molar-refractivity contribution in [2.45, 2.75) is 67.8 Å². The van der Waals surface area contributed by atoms with Crippen LogP contribution in [-0.4, -0.2) is 33.3 Å². The molecule has 0 bridgehead atoms. The standard InChI is InChI=1S/C25H29N3O3S/c1-25(2,29)21-8-6-19(14-27-21)22-24(31-23(28-22)17-9-11-30-12-10-17)32-15-20-7-5-18(13-26-20)16-3-4-16/h5-8,13-14,16-17,29H,3-4,9-12,15H2,1-2H3. The van der Waals surface area contributed by atoms with Gasteiger partial charge in [0.15, 0.2) is 11.0 Å². The molecule has 0 spiro atoms. The minimum absolute atomic E-state index is 0.274. The van der Waals surface area contributed by atoms with Crippen LogP contribution in [0, 0.1) is 0 Å². The van der Waals surface area contributed by atoms with Gasteiger partial charge < -0.3 is 14.3 Å². The molecule has 1 saturated heterocycles. The fourth-order valence-electron chi connectivity index (χ4n) is 3.94. The third-order valence-electron chi connectivity index (χ3n) is 6.09. The first kappa shape index (κ1) is 21.6. The van der Waals surface area contributed by atoms with Crippen LogP contribution < -0.4 is 0 Å². The molecule has 2 aliphatic rings. The van der Waals surface area contributed by atoms with E-state index in [4.69, 9.17) is 14.1 Å². The second-order valence-corrected chi connectivity index (χ2v) is 10.2. The van der Waals surface area contributed by atoms with Crippen molar-refractivity contribution in [3.8, 4) is 11.3 Å². The average Bonchev–Trinajstić information content (AvgIpc) is 3.57. The lowest BCUT2D eigenvalue weighted by atomic mass is 10.0. The van der Waals surface area contributed by atoms with Gasteiger partial charge in [-0.25, -0.2) is 4.98 Å². The van der Waals surface area contributed by atoms with Gasteiger partial charge >= 0.3 is 0 Å². The highest BCUT2D eigenvalue weighted by atomic mass is 32.2. The van der Waals surface area contributed by atoms with E-state index in [1.54, 1.807) is 31.8 Å². The zero-order chi connectivity index (χ0) is 22.1. The summed E-state index contributed by atoms with van der Waals surface area (Å²) in [6, 6.07) is 8.13. The second-order valence-electron chi connectivity index (χ2n) is 9.21. The fraction of sp³-hybridized carbons (Fsp3) is 0.480. The van der Waals surface area contributed by atoms with Crippen LogP contribution in [0.5, 0.6) is 0 Å². The normalized spacial score (nSPS) is 17.6. The van der Waals surface area contributed by atoms with Gasteiger partial charge in [0, 0.05) is 42.8 Å². The molecule has 6 nitrogen and oxygen atoms in total. The zero-order valence-electron chi connectivity index (χ0n) is 18.6. The highest BCUT2D eigenvalue weighted by Crippen LogP contribution is 2.40. The van der Waals surface area contributed by atoms with Crippen molar-refractivity contribution < 1.29 is 14.3 Å². The lowest BCUT2D eigenvalue weighted by Crippen LogP contribution is -2.17. The van der Waals surface area contributed by atoms with E-state index in [1.165, 1.54) is 18.4 Å². The summed E-state index contributed by atoms with van der Waals surface area (Å²) in [6.07, 6.45) is 8.19. The van der Waals surface area contributed by atoms with E-state index in [2.05, 4.69) is 22.1 Å². The van der Waals surface area contributed by atoms with Crippen molar-refractivity contribution >= 4 is 11.8 Å². The molecule has 5 rings (SSSR count). The number of oxazole rings is 1. The van der Waals surface area contributed by atoms with Gasteiger partial charge in [-0.2, -0.15) is 0 Å². The molecule has 0 atom stereocenters. The van der Waals surface area contributed by atoms with Gasteiger partial charge in [0.05, 0.1) is 11.4 Å². The van der Waals surface area contributed by atoms with Crippen LogP contribution in [0.15, 0.2) is 46.2 Å². The number of nitrogens with zero attached hydrogens (tertiary/aromatic N) is 3. The van der Waals surface area contributed by atoms with E-state index in [9.17, 15) is 5.11 Å². The number of aliphatic hydroxyl groups is 1. The molecular weight excluding hydrogens is 422 g/mol. The smallest absolute Gasteiger partial charge is 0.199 e. The van der Waals surface area contributed by atoms with Crippen molar-refractivity contribution in [3.63, 3.8) is 0 Å². The third kappa shape index (κ3) is 4.90. The molecule has 168 valence electrons. The first-order valence-corrected chi connectivity index (χ1v) is 12.3. The Labute approximate surface area is 192 Å². The minimum atomic E-state index is -0.981. The number of pyridine rings is 2. The van der Waals surface area contributed by atoms with Crippen LogP contribution in [-0.2, 0) is 16.1 Å². The number of thioether (sulfide) groups is 1. The zero-order valence-corrected chi connectivity index (χ0v) is 19.4. The summed E-state index contributed by atoms with van der Waals surface area (Å²) in [5.74, 6) is 2.48. The Morgan fingerprint density at radius 1 is 1.00 bits per heavy atom. The monoisotopic (exact) mass is 451 g/mol. The summed E-state index contributed by atoms with van der Waals surface area (Å²) in [5, 5.41) is 11.0. The Bertz CT molecular complexity index is 1050. The summed E-state index contributed by atoms with van der Waals surface area (Å²) in [6.45, 7) is 4.95. The van der Waals surface area contributed by atoms with Gasteiger partial charge in [0.2, 0.25) is 0 Å². The summed E-state index contributed by atoms with van der Waals surface area (Å²) >= 11 is 1.62. The highest BCUT2D eigenvalue weighted by Gasteiger charge is 2.26. The molecule has 1 N–H and O–H groups in total. The lowest BCUT2D eigenvalue weighted by Gasteiger charge is -2.18. The maximum absolute atomic E-state index is 10.2. The molecule has 4 heterocycles. The fourth-order valence-corrected chi connectivity index (χ4v) is 4.83. The van der Waals surface area contributed by atoms with Crippen LogP contribution in [0.4, 0.5) is 0 Å². The van der Waals surface area contributed by atoms with Gasteiger partial charge in [0.1, 0.15) is 11.3 Å². The average molecular weight is 452 g/mol. The van der Waals surface area contributed by atoms with Crippen LogP contribution in [0.1, 0.15) is 74.2 Å². The summed E-state index contributed by atoms with van der Waals surface area (Å²) in [5.41, 5.74) is 3.72. The topological polar surface area (TPSA) is 81.3 Å². The van der Waals surface area contributed by atoms with E-state index >= 15 is 0 Å². The molecule has 1 saturated carbocycles. The van der Waals surface area contributed by atoms with Crippen LogP contribution >= 0.6 is 11.8 Å². The van der Waals surface area contributed by atoms with Crippen molar-refractivity contribution in [1.82, 2.24) is 15.0 Å². The summed E-state index contributed by atoms with van der Waals surface area (Å²) < 4.78 is 11.8. The Balaban J connectivity index is 1.39. The first-order valence-electron chi connectivity index (χ1n) is 11.3. The molecule has 2 fully saturated rings. The first-order chi connectivity index (χ1) is 15.5. The number of aromatic nitrogens is 3. The molecule has 0 unspecified atom stereocenters. The predicted molar refractivity (Wildman–Crippen MR) is 124 cm³/mol. The van der Waals surface area contributed by atoms with E-state index in [1.807, 2.05) is 18.3 Å². The van der Waals surface area contributed by atoms with Gasteiger partial charge in [-0.15, -0.1) is 0 Å². The quantitative estimate of drug-likeness (QED) is 0.480. The second kappa shape index (κ2) is 8.96. The predicted octanol–water partition coefficient (Wildman–Crippen LogP) is 5.42.